The number of rotatable bonds is 5. The number of carbonyl (C=O) groups excluding carboxylic acids is 1. The Kier molecular flexibility index (Phi) is 3.78. The van der Waals surface area contributed by atoms with Crippen LogP contribution >= 0.6 is 12.2 Å². The Labute approximate surface area is 127 Å². The summed E-state index contributed by atoms with van der Waals surface area (Å²) in [5.74, 6) is 2.92. The Balaban J connectivity index is 1.57. The van der Waals surface area contributed by atoms with E-state index in [9.17, 15) is 4.79 Å². The molecule has 0 aromatic rings. The fourth-order valence-corrected chi connectivity index (χ4v) is 5.78. The highest BCUT2D eigenvalue weighted by molar-refractivity contribution is 7.80. The molecule has 20 heavy (non-hydrogen) atoms. The summed E-state index contributed by atoms with van der Waals surface area (Å²) in [6.07, 6.45) is 9.47. The van der Waals surface area contributed by atoms with Gasteiger partial charge >= 0.3 is 0 Å². The van der Waals surface area contributed by atoms with E-state index in [1.165, 1.54) is 38.5 Å². The van der Waals surface area contributed by atoms with Crippen LogP contribution in [-0.2, 0) is 4.79 Å². The Hall–Kier alpha value is -0.640. The fraction of sp³-hybridized carbons (Fsp3) is 0.875. The van der Waals surface area contributed by atoms with E-state index in [0.29, 0.717) is 16.8 Å². The molecule has 0 saturated heterocycles. The number of amides is 1. The Morgan fingerprint density at radius 2 is 1.75 bits per heavy atom. The maximum absolute atomic E-state index is 12.3. The summed E-state index contributed by atoms with van der Waals surface area (Å²) >= 11 is 4.90. The molecular weight excluding hydrogens is 268 g/mol. The smallest absolute Gasteiger partial charge is 0.220 e. The summed E-state index contributed by atoms with van der Waals surface area (Å²) in [4.78, 5) is 12.8. The third-order valence-corrected chi connectivity index (χ3v) is 5.78. The van der Waals surface area contributed by atoms with Crippen LogP contribution < -0.4 is 11.1 Å². The zero-order chi connectivity index (χ0) is 14.3. The molecule has 3 N–H and O–H groups in total. The summed E-state index contributed by atoms with van der Waals surface area (Å²) in [5, 5.41) is 3.08. The van der Waals surface area contributed by atoms with Crippen LogP contribution in [-0.4, -0.2) is 16.9 Å². The molecule has 1 amide bonds. The molecule has 4 aliphatic carbocycles. The third kappa shape index (κ3) is 3.00. The van der Waals surface area contributed by atoms with Crippen molar-refractivity contribution in [1.82, 2.24) is 5.32 Å². The van der Waals surface area contributed by atoms with Crippen LogP contribution in [0.15, 0.2) is 0 Å². The highest BCUT2D eigenvalue weighted by atomic mass is 32.1. The van der Waals surface area contributed by atoms with Gasteiger partial charge in [-0.1, -0.05) is 12.2 Å². The number of hydrogen-bond donors (Lipinski definition) is 2. The molecule has 1 atom stereocenters. The molecule has 4 fully saturated rings. The van der Waals surface area contributed by atoms with Gasteiger partial charge in [0.05, 0.1) is 4.99 Å². The van der Waals surface area contributed by atoms with Crippen LogP contribution in [0, 0.1) is 23.2 Å². The van der Waals surface area contributed by atoms with Gasteiger partial charge in [0.2, 0.25) is 5.91 Å². The average molecular weight is 294 g/mol. The number of carbonyl (C=O) groups is 1. The van der Waals surface area contributed by atoms with E-state index in [1.807, 2.05) is 6.92 Å². The highest BCUT2D eigenvalue weighted by Gasteiger charge is 2.51. The maximum atomic E-state index is 12.3. The van der Waals surface area contributed by atoms with Gasteiger partial charge in [-0.3, -0.25) is 4.79 Å². The lowest BCUT2D eigenvalue weighted by molar-refractivity contribution is -0.129. The minimum absolute atomic E-state index is 0.0638. The van der Waals surface area contributed by atoms with Crippen molar-refractivity contribution in [2.45, 2.75) is 64.3 Å². The van der Waals surface area contributed by atoms with Gasteiger partial charge in [-0.15, -0.1) is 0 Å². The van der Waals surface area contributed by atoms with Crippen molar-refractivity contribution in [3.63, 3.8) is 0 Å². The second-order valence-corrected chi connectivity index (χ2v) is 8.26. The van der Waals surface area contributed by atoms with Crippen molar-refractivity contribution in [2.75, 3.05) is 0 Å². The van der Waals surface area contributed by atoms with Crippen molar-refractivity contribution in [1.29, 1.82) is 0 Å². The molecule has 0 aromatic carbocycles. The van der Waals surface area contributed by atoms with Crippen LogP contribution in [0.1, 0.15) is 58.3 Å². The Morgan fingerprint density at radius 1 is 1.25 bits per heavy atom. The van der Waals surface area contributed by atoms with Crippen LogP contribution in [0.2, 0.25) is 0 Å². The van der Waals surface area contributed by atoms with E-state index in [2.05, 4.69) is 5.32 Å². The molecule has 0 radical (unpaired) electrons. The quantitative estimate of drug-likeness (QED) is 0.767. The Morgan fingerprint density at radius 3 is 2.20 bits per heavy atom. The summed E-state index contributed by atoms with van der Waals surface area (Å²) in [6.45, 7) is 1.98. The minimum Gasteiger partial charge on any atom is -0.393 e. The number of hydrogen-bond acceptors (Lipinski definition) is 2. The highest BCUT2D eigenvalue weighted by Crippen LogP contribution is 2.61. The van der Waals surface area contributed by atoms with Gasteiger partial charge in [-0.2, -0.15) is 0 Å². The van der Waals surface area contributed by atoms with Gasteiger partial charge in [0.1, 0.15) is 0 Å². The van der Waals surface area contributed by atoms with Gasteiger partial charge in [0.15, 0.2) is 0 Å². The predicted octanol–water partition coefficient (Wildman–Crippen LogP) is 2.77. The minimum atomic E-state index is 0.0638. The molecule has 4 heteroatoms. The van der Waals surface area contributed by atoms with Crippen LogP contribution in [0.4, 0.5) is 0 Å². The third-order valence-electron chi connectivity index (χ3n) is 5.62. The van der Waals surface area contributed by atoms with E-state index in [1.54, 1.807) is 0 Å². The lowest BCUT2D eigenvalue weighted by Crippen LogP contribution is -2.48. The molecular formula is C16H26N2OS. The average Bonchev–Trinajstić information content (AvgIpc) is 2.23. The van der Waals surface area contributed by atoms with E-state index in [4.69, 9.17) is 18.0 Å². The number of nitrogens with one attached hydrogen (secondary N) is 1. The van der Waals surface area contributed by atoms with Gasteiger partial charge < -0.3 is 11.1 Å². The van der Waals surface area contributed by atoms with Crippen LogP contribution in [0.5, 0.6) is 0 Å². The molecule has 112 valence electrons. The molecule has 4 aliphatic rings. The van der Waals surface area contributed by atoms with Crippen molar-refractivity contribution < 1.29 is 4.79 Å². The van der Waals surface area contributed by atoms with E-state index < -0.39 is 0 Å². The van der Waals surface area contributed by atoms with E-state index >= 15 is 0 Å². The normalized spacial score (nSPS) is 39.5. The first-order valence-corrected chi connectivity index (χ1v) is 8.43. The number of nitrogens with two attached hydrogens (primary N) is 1. The predicted molar refractivity (Wildman–Crippen MR) is 84.2 cm³/mol. The zero-order valence-corrected chi connectivity index (χ0v) is 13.2. The number of thiocarbonyl (C=S) groups is 1. The van der Waals surface area contributed by atoms with Crippen molar-refractivity contribution in [3.8, 4) is 0 Å². The monoisotopic (exact) mass is 294 g/mol. The van der Waals surface area contributed by atoms with Gasteiger partial charge in [-0.25, -0.2) is 0 Å². The van der Waals surface area contributed by atoms with Crippen LogP contribution in [0.3, 0.4) is 0 Å². The SMILES string of the molecule is CC(CC(N)=S)NC(=O)CC12CC3CC(CC(C3)C1)C2. The fourth-order valence-electron chi connectivity index (χ4n) is 5.53. The summed E-state index contributed by atoms with van der Waals surface area (Å²) in [6, 6.07) is 0.0638. The lowest BCUT2D eigenvalue weighted by Gasteiger charge is -2.56. The van der Waals surface area contributed by atoms with Gasteiger partial charge in [0.25, 0.3) is 0 Å². The lowest BCUT2D eigenvalue weighted by atomic mass is 9.49. The van der Waals surface area contributed by atoms with Gasteiger partial charge in [0, 0.05) is 18.9 Å². The molecule has 1 unspecified atom stereocenters. The molecule has 3 nitrogen and oxygen atoms in total. The Bertz CT molecular complexity index is 385. The van der Waals surface area contributed by atoms with Gasteiger partial charge in [-0.05, 0) is 68.6 Å². The van der Waals surface area contributed by atoms with Crippen molar-refractivity contribution >= 4 is 23.1 Å². The second-order valence-electron chi connectivity index (χ2n) is 7.73. The van der Waals surface area contributed by atoms with E-state index in [0.717, 1.165) is 24.2 Å². The largest absolute Gasteiger partial charge is 0.393 e. The summed E-state index contributed by atoms with van der Waals surface area (Å²) in [5.41, 5.74) is 5.86. The molecule has 4 rings (SSSR count). The first-order chi connectivity index (χ1) is 9.44. The first-order valence-electron chi connectivity index (χ1n) is 8.02. The zero-order valence-electron chi connectivity index (χ0n) is 12.4. The van der Waals surface area contributed by atoms with Crippen molar-refractivity contribution in [3.05, 3.63) is 0 Å². The first kappa shape index (κ1) is 14.3. The van der Waals surface area contributed by atoms with Crippen molar-refractivity contribution in [2.24, 2.45) is 28.9 Å². The topological polar surface area (TPSA) is 55.1 Å². The van der Waals surface area contributed by atoms with Crippen LogP contribution in [0.25, 0.3) is 0 Å². The van der Waals surface area contributed by atoms with E-state index in [-0.39, 0.29) is 11.9 Å². The summed E-state index contributed by atoms with van der Waals surface area (Å²) in [7, 11) is 0. The second kappa shape index (κ2) is 5.28. The molecule has 0 spiro atoms. The molecule has 4 bridgehead atoms. The molecule has 4 saturated carbocycles. The molecule has 0 aliphatic heterocycles. The maximum Gasteiger partial charge on any atom is 0.220 e. The standard InChI is InChI=1S/C16H26N2OS/c1-10(2-14(17)20)18-15(19)9-16-6-11-3-12(7-16)5-13(4-11)8-16/h10-13H,2-9H2,1H3,(H2,17,20)(H,18,19). The summed E-state index contributed by atoms with van der Waals surface area (Å²) < 4.78 is 0. The molecule has 0 aromatic heterocycles. The molecule has 0 heterocycles.